The van der Waals surface area contributed by atoms with Crippen LogP contribution >= 0.6 is 0 Å². The average Bonchev–Trinajstić information content (AvgIpc) is 3.21. The van der Waals surface area contributed by atoms with E-state index in [9.17, 15) is 18.3 Å². The molecule has 0 radical (unpaired) electrons. The minimum Gasteiger partial charge on any atom is -0.388 e. The minimum atomic E-state index is -3.54. The Balaban J connectivity index is 2.02. The van der Waals surface area contributed by atoms with Gasteiger partial charge in [0.2, 0.25) is 10.0 Å². The van der Waals surface area contributed by atoms with Crippen LogP contribution in [0.5, 0.6) is 0 Å². The lowest BCUT2D eigenvalue weighted by Gasteiger charge is -2.32. The molecule has 1 saturated heterocycles. The second kappa shape index (κ2) is 14.3. The van der Waals surface area contributed by atoms with E-state index in [0.717, 1.165) is 41.9 Å². The van der Waals surface area contributed by atoms with Crippen molar-refractivity contribution < 1.29 is 23.1 Å². The zero-order valence-corrected chi connectivity index (χ0v) is 28.3. The van der Waals surface area contributed by atoms with Gasteiger partial charge in [0.25, 0.3) is 5.91 Å². The zero-order valence-electron chi connectivity index (χ0n) is 27.5. The van der Waals surface area contributed by atoms with Crippen molar-refractivity contribution in [1.82, 2.24) is 14.6 Å². The lowest BCUT2D eigenvalue weighted by Crippen LogP contribution is -2.46. The van der Waals surface area contributed by atoms with Crippen molar-refractivity contribution in [3.05, 3.63) is 53.4 Å². The highest BCUT2D eigenvalue weighted by Gasteiger charge is 2.31. The first-order valence-electron chi connectivity index (χ1n) is 15.8. The number of hydrogen-bond donors (Lipinski definition) is 3. The smallest absolute Gasteiger partial charge is 0.253 e. The first-order chi connectivity index (χ1) is 19.9. The number of nitrogens with zero attached hydrogens (tertiary/aromatic N) is 1. The highest BCUT2D eigenvalue weighted by Crippen LogP contribution is 2.33. The van der Waals surface area contributed by atoms with Gasteiger partial charge in [-0.05, 0) is 75.2 Å². The van der Waals surface area contributed by atoms with Crippen molar-refractivity contribution in [3.63, 3.8) is 0 Å². The van der Waals surface area contributed by atoms with Gasteiger partial charge in [-0.15, -0.1) is 0 Å². The number of allylic oxidation sites excluding steroid dienone is 4. The Kier molecular flexibility index (Phi) is 11.7. The molecule has 1 saturated carbocycles. The number of carbonyl (C=O) groups is 1. The van der Waals surface area contributed by atoms with Crippen LogP contribution in [0.15, 0.2) is 36.4 Å². The van der Waals surface area contributed by atoms with Crippen LogP contribution in [0.3, 0.4) is 0 Å². The van der Waals surface area contributed by atoms with Gasteiger partial charge in [-0.3, -0.25) is 4.79 Å². The maximum absolute atomic E-state index is 13.6. The Morgan fingerprint density at radius 2 is 1.77 bits per heavy atom. The molecule has 8 nitrogen and oxygen atoms in total. The Morgan fingerprint density at radius 3 is 2.35 bits per heavy atom. The minimum absolute atomic E-state index is 0.165. The van der Waals surface area contributed by atoms with E-state index in [1.807, 2.05) is 45.9 Å². The summed E-state index contributed by atoms with van der Waals surface area (Å²) in [7, 11) is -3.54. The predicted octanol–water partition coefficient (Wildman–Crippen LogP) is 5.91. The number of amides is 1. The maximum atomic E-state index is 13.6. The largest absolute Gasteiger partial charge is 0.388 e. The maximum Gasteiger partial charge on any atom is 0.253 e. The molecule has 1 aromatic heterocycles. The number of sulfonamides is 1. The van der Waals surface area contributed by atoms with E-state index in [4.69, 9.17) is 4.74 Å². The molecule has 0 unspecified atom stereocenters. The number of rotatable bonds is 11. The Labute approximate surface area is 260 Å². The molecular formula is C34H55N3O5S. The lowest BCUT2D eigenvalue weighted by molar-refractivity contribution is -0.0605. The number of aliphatic hydroxyl groups is 1. The van der Waals surface area contributed by atoms with Crippen molar-refractivity contribution in [2.45, 2.75) is 111 Å². The van der Waals surface area contributed by atoms with Crippen molar-refractivity contribution >= 4 is 21.5 Å². The van der Waals surface area contributed by atoms with Gasteiger partial charge in [0.05, 0.1) is 16.9 Å². The van der Waals surface area contributed by atoms with Crippen LogP contribution in [0, 0.1) is 18.3 Å². The molecule has 1 aliphatic heterocycles. The average molecular weight is 618 g/mol. The highest BCUT2D eigenvalue weighted by atomic mass is 32.2. The molecule has 0 bridgehead atoms. The molecule has 3 rings (SSSR count). The highest BCUT2D eigenvalue weighted by molar-refractivity contribution is 7.89. The van der Waals surface area contributed by atoms with Crippen molar-refractivity contribution in [2.24, 2.45) is 11.3 Å². The van der Waals surface area contributed by atoms with Gasteiger partial charge in [0, 0.05) is 56.1 Å². The van der Waals surface area contributed by atoms with Gasteiger partial charge < -0.3 is 19.7 Å². The van der Waals surface area contributed by atoms with E-state index in [0.29, 0.717) is 37.5 Å². The monoisotopic (exact) mass is 617 g/mol. The number of aromatic nitrogens is 1. The van der Waals surface area contributed by atoms with E-state index in [-0.39, 0.29) is 23.6 Å². The Bertz CT molecular complexity index is 1300. The van der Waals surface area contributed by atoms with Crippen molar-refractivity contribution in [2.75, 3.05) is 25.5 Å². The number of nitrogens with one attached hydrogen (secondary N) is 2. The first kappa shape index (κ1) is 35.3. The summed E-state index contributed by atoms with van der Waals surface area (Å²) in [5.41, 5.74) is 2.25. The molecule has 43 heavy (non-hydrogen) atoms. The van der Waals surface area contributed by atoms with Gasteiger partial charge in [0.15, 0.2) is 0 Å². The number of ether oxygens (including phenoxy) is 1. The van der Waals surface area contributed by atoms with Gasteiger partial charge >= 0.3 is 0 Å². The van der Waals surface area contributed by atoms with E-state index in [1.165, 1.54) is 19.3 Å². The third-order valence-corrected chi connectivity index (χ3v) is 10.00. The summed E-state index contributed by atoms with van der Waals surface area (Å²) in [6.07, 6.45) is 12.5. The fourth-order valence-corrected chi connectivity index (χ4v) is 7.03. The molecule has 9 heteroatoms. The second-order valence-corrected chi connectivity index (χ2v) is 16.3. The van der Waals surface area contributed by atoms with Crippen LogP contribution in [0.25, 0.3) is 5.57 Å². The van der Waals surface area contributed by atoms with Crippen LogP contribution in [-0.2, 0) is 21.3 Å². The summed E-state index contributed by atoms with van der Waals surface area (Å²) in [4.78, 5) is 13.6. The normalized spacial score (nSPS) is 19.1. The summed E-state index contributed by atoms with van der Waals surface area (Å²) in [6.45, 7) is 20.0. The lowest BCUT2D eigenvalue weighted by atomic mass is 9.86. The molecule has 2 fully saturated rings. The third-order valence-electron chi connectivity index (χ3n) is 8.44. The van der Waals surface area contributed by atoms with Crippen LogP contribution < -0.4 is 10.0 Å². The van der Waals surface area contributed by atoms with Crippen LogP contribution in [0.2, 0.25) is 0 Å². The summed E-state index contributed by atoms with van der Waals surface area (Å²) < 4.78 is 35.9. The molecule has 0 aromatic carbocycles. The summed E-state index contributed by atoms with van der Waals surface area (Å²) in [5, 5.41) is 13.9. The molecule has 2 heterocycles. The molecule has 242 valence electrons. The van der Waals surface area contributed by atoms with E-state index < -0.39 is 21.2 Å². The summed E-state index contributed by atoms with van der Waals surface area (Å²) in [5.74, 6) is 0.113. The number of carbonyl (C=O) groups excluding carboxylic acids is 1. The van der Waals surface area contributed by atoms with Crippen LogP contribution in [-0.4, -0.2) is 60.6 Å². The topological polar surface area (TPSA) is 110 Å². The molecule has 1 aliphatic carbocycles. The van der Waals surface area contributed by atoms with Gasteiger partial charge in [0.1, 0.15) is 0 Å². The fourth-order valence-electron chi connectivity index (χ4n) is 5.67. The van der Waals surface area contributed by atoms with Crippen molar-refractivity contribution in [1.29, 1.82) is 0 Å². The van der Waals surface area contributed by atoms with Gasteiger partial charge in [-0.25, -0.2) is 13.1 Å². The Morgan fingerprint density at radius 1 is 1.14 bits per heavy atom. The van der Waals surface area contributed by atoms with Crippen molar-refractivity contribution in [3.8, 4) is 0 Å². The standard InChI is InChI=1S/C34H55N3O5S/c1-25(32(3,4)5)21-28(15-12-20-43(40,41)36-33(6,7)8)30-22-29(26(2)37(30)23-27-13-10-9-11-14-27)31(38)35-24-34(39)16-18-42-19-17-34/h12,15,21-22,27,36,39H,1,9-11,13-14,16-20,23-24H2,2-8H3,(H,35,38)/b15-12-,28-21+. The van der Waals surface area contributed by atoms with E-state index in [1.54, 1.807) is 6.08 Å². The fraction of sp³-hybridized carbons (Fsp3) is 0.676. The summed E-state index contributed by atoms with van der Waals surface area (Å²) >= 11 is 0. The molecule has 1 amide bonds. The zero-order chi connectivity index (χ0) is 32.1. The van der Waals surface area contributed by atoms with Gasteiger partial charge in [-0.1, -0.05) is 58.8 Å². The molecule has 0 spiro atoms. The number of hydrogen-bond acceptors (Lipinski definition) is 5. The molecule has 0 atom stereocenters. The molecular weight excluding hydrogens is 562 g/mol. The van der Waals surface area contributed by atoms with E-state index in [2.05, 4.69) is 42.0 Å². The van der Waals surface area contributed by atoms with Crippen LogP contribution in [0.4, 0.5) is 0 Å². The SMILES string of the molecule is C=C(/C=C(\C=C/CS(=O)(=O)NC(C)(C)C)c1cc(C(=O)NCC2(O)CCOCC2)c(C)n1CC1CCCCC1)C(C)(C)C. The van der Waals surface area contributed by atoms with Gasteiger partial charge in [-0.2, -0.15) is 0 Å². The molecule has 1 aromatic rings. The van der Waals surface area contributed by atoms with Crippen LogP contribution in [0.1, 0.15) is 108 Å². The predicted molar refractivity (Wildman–Crippen MR) is 175 cm³/mol. The first-order valence-corrected chi connectivity index (χ1v) is 17.4. The quantitative estimate of drug-likeness (QED) is 0.268. The second-order valence-electron chi connectivity index (χ2n) is 14.6. The van der Waals surface area contributed by atoms with E-state index >= 15 is 0 Å². The molecule has 2 aliphatic rings. The third kappa shape index (κ3) is 10.7. The summed E-state index contributed by atoms with van der Waals surface area (Å²) in [6, 6.07) is 1.91. The Hall–Kier alpha value is -2.20. The molecule has 3 N–H and O–H groups in total.